The Balaban J connectivity index is 2.07. The molecule has 0 saturated carbocycles. The lowest BCUT2D eigenvalue weighted by atomic mass is 10.0. The zero-order chi connectivity index (χ0) is 26.0. The van der Waals surface area contributed by atoms with Crippen molar-refractivity contribution in [2.75, 3.05) is 18.6 Å². The van der Waals surface area contributed by atoms with Gasteiger partial charge in [0, 0.05) is 20.1 Å². The number of amides is 1. The first-order chi connectivity index (χ1) is 16.4. The number of carbonyl (C=O) groups excluding carboxylic acids is 1. The number of hydrogen-bond acceptors (Lipinski definition) is 10. The van der Waals surface area contributed by atoms with E-state index in [9.17, 15) is 19.1 Å². The number of imidazole rings is 1. The van der Waals surface area contributed by atoms with Crippen LogP contribution in [0.3, 0.4) is 0 Å². The van der Waals surface area contributed by atoms with Crippen LogP contribution in [0.5, 0.6) is 0 Å². The van der Waals surface area contributed by atoms with Gasteiger partial charge in [-0.25, -0.2) is 14.6 Å². The molecule has 13 heteroatoms. The fourth-order valence-corrected chi connectivity index (χ4v) is 3.18. The fraction of sp³-hybridized carbons (Fsp3) is 0.500. The molecule has 0 aromatic carbocycles. The minimum Gasteiger partial charge on any atom is -0.443 e. The Morgan fingerprint density at radius 3 is 2.60 bits per heavy atom. The highest BCUT2D eigenvalue weighted by Gasteiger charge is 2.31. The standard InChI is InChI=1S/C22H26FN5O7/c1-7-22(11-29,32-6)8-9-27-12-24-15-16(27)25-18(23)26-17(15)28(19(30)35-21(3,4)5)10-14-13(2)33-20(31)34-14/h1,12,29H,8-11H2,2-6H3. The van der Waals surface area contributed by atoms with Crippen LogP contribution in [0.4, 0.5) is 15.0 Å². The fourth-order valence-electron chi connectivity index (χ4n) is 3.18. The number of methoxy groups -OCH3 is 1. The quantitative estimate of drug-likeness (QED) is 0.367. The molecule has 0 radical (unpaired) electrons. The molecule has 0 aliphatic carbocycles. The molecule has 3 rings (SSSR count). The van der Waals surface area contributed by atoms with E-state index in [0.717, 1.165) is 4.90 Å². The molecule has 0 fully saturated rings. The molecule has 0 bridgehead atoms. The summed E-state index contributed by atoms with van der Waals surface area (Å²) in [7, 11) is 1.37. The molecule has 1 atom stereocenters. The number of aromatic nitrogens is 4. The number of hydrogen-bond donors (Lipinski definition) is 1. The molecule has 188 valence electrons. The molecule has 3 heterocycles. The summed E-state index contributed by atoms with van der Waals surface area (Å²) in [5, 5.41) is 9.62. The number of ether oxygens (including phenoxy) is 2. The maximum atomic E-state index is 14.6. The zero-order valence-electron chi connectivity index (χ0n) is 20.0. The van der Waals surface area contributed by atoms with Gasteiger partial charge in [-0.15, -0.1) is 6.42 Å². The molecule has 12 nitrogen and oxygen atoms in total. The van der Waals surface area contributed by atoms with E-state index < -0.39 is 35.8 Å². The molecule has 0 spiro atoms. The van der Waals surface area contributed by atoms with E-state index in [1.54, 1.807) is 20.8 Å². The molecule has 3 aromatic rings. The summed E-state index contributed by atoms with van der Waals surface area (Å²) in [6, 6.07) is 0. The molecule has 0 saturated heterocycles. The SMILES string of the molecule is C#CC(CO)(CCn1cnc2c(N(Cc3oc(=O)oc3C)C(=O)OC(C)(C)C)nc(F)nc21)OC. The number of aryl methyl sites for hydroxylation is 2. The van der Waals surface area contributed by atoms with Crippen molar-refractivity contribution in [3.63, 3.8) is 0 Å². The van der Waals surface area contributed by atoms with Crippen molar-refractivity contribution in [3.05, 3.63) is 34.5 Å². The largest absolute Gasteiger partial charge is 0.519 e. The van der Waals surface area contributed by atoms with Gasteiger partial charge in [0.2, 0.25) is 0 Å². The van der Waals surface area contributed by atoms with E-state index in [0.29, 0.717) is 0 Å². The average molecular weight is 491 g/mol. The van der Waals surface area contributed by atoms with E-state index in [-0.39, 0.29) is 48.0 Å². The summed E-state index contributed by atoms with van der Waals surface area (Å²) in [6.07, 6.45) is 5.01. The highest BCUT2D eigenvalue weighted by Crippen LogP contribution is 2.27. The lowest BCUT2D eigenvalue weighted by Gasteiger charge is -2.26. The topological polar surface area (TPSA) is 146 Å². The van der Waals surface area contributed by atoms with Crippen LogP contribution in [0, 0.1) is 25.3 Å². The van der Waals surface area contributed by atoms with Gasteiger partial charge in [-0.2, -0.15) is 14.4 Å². The minimum absolute atomic E-state index is 0.0225. The Bertz CT molecular complexity index is 1310. The Hall–Kier alpha value is -3.76. The van der Waals surface area contributed by atoms with E-state index in [1.807, 2.05) is 0 Å². The second-order valence-corrected chi connectivity index (χ2v) is 8.68. The van der Waals surface area contributed by atoms with Crippen LogP contribution in [-0.4, -0.2) is 55.6 Å². The third-order valence-corrected chi connectivity index (χ3v) is 5.09. The summed E-state index contributed by atoms with van der Waals surface area (Å²) in [6.45, 7) is 5.84. The lowest BCUT2D eigenvalue weighted by molar-refractivity contribution is -0.0147. The van der Waals surface area contributed by atoms with Crippen molar-refractivity contribution >= 4 is 23.1 Å². The van der Waals surface area contributed by atoms with Crippen molar-refractivity contribution in [1.82, 2.24) is 19.5 Å². The average Bonchev–Trinajstić information content (AvgIpc) is 3.33. The molecule has 3 aromatic heterocycles. The van der Waals surface area contributed by atoms with Crippen LogP contribution in [0.1, 0.15) is 38.7 Å². The predicted molar refractivity (Wildman–Crippen MR) is 120 cm³/mol. The van der Waals surface area contributed by atoms with Crippen LogP contribution in [0.25, 0.3) is 11.2 Å². The Morgan fingerprint density at radius 1 is 1.34 bits per heavy atom. The van der Waals surface area contributed by atoms with Crippen LogP contribution >= 0.6 is 0 Å². The summed E-state index contributed by atoms with van der Waals surface area (Å²) < 4.78 is 36.7. The molecular formula is C22H26FN5O7. The number of carbonyl (C=O) groups is 1. The van der Waals surface area contributed by atoms with Gasteiger partial charge in [-0.1, -0.05) is 5.92 Å². The normalized spacial score (nSPS) is 13.4. The molecule has 1 N–H and O–H groups in total. The van der Waals surface area contributed by atoms with Gasteiger partial charge in [0.25, 0.3) is 0 Å². The van der Waals surface area contributed by atoms with Crippen molar-refractivity contribution < 1.29 is 32.6 Å². The molecule has 1 amide bonds. The van der Waals surface area contributed by atoms with E-state index in [2.05, 4.69) is 20.9 Å². The van der Waals surface area contributed by atoms with Gasteiger partial charge in [-0.3, -0.25) is 4.90 Å². The summed E-state index contributed by atoms with van der Waals surface area (Å²) in [5.74, 6) is 1.40. The first-order valence-electron chi connectivity index (χ1n) is 10.5. The van der Waals surface area contributed by atoms with Crippen LogP contribution in [-0.2, 0) is 22.6 Å². The van der Waals surface area contributed by atoms with E-state index in [1.165, 1.54) is 24.9 Å². The second kappa shape index (κ2) is 9.85. The van der Waals surface area contributed by atoms with E-state index >= 15 is 0 Å². The van der Waals surface area contributed by atoms with Gasteiger partial charge in [0.05, 0.1) is 19.5 Å². The van der Waals surface area contributed by atoms with Gasteiger partial charge in [0.15, 0.2) is 28.3 Å². The Morgan fingerprint density at radius 2 is 2.06 bits per heavy atom. The van der Waals surface area contributed by atoms with Gasteiger partial charge in [0.1, 0.15) is 11.4 Å². The number of fused-ring (bicyclic) bond motifs is 1. The smallest absolute Gasteiger partial charge is 0.443 e. The van der Waals surface area contributed by atoms with Crippen molar-refractivity contribution in [3.8, 4) is 12.3 Å². The summed E-state index contributed by atoms with van der Waals surface area (Å²) in [4.78, 5) is 37.4. The van der Waals surface area contributed by atoms with Crippen molar-refractivity contribution in [2.45, 2.75) is 58.4 Å². The highest BCUT2D eigenvalue weighted by atomic mass is 19.1. The predicted octanol–water partition coefficient (Wildman–Crippen LogP) is 2.16. The Labute approximate surface area is 199 Å². The number of halogens is 1. The van der Waals surface area contributed by atoms with Gasteiger partial charge < -0.3 is 28.0 Å². The number of rotatable bonds is 8. The third kappa shape index (κ3) is 5.67. The lowest BCUT2D eigenvalue weighted by Crippen LogP contribution is -2.37. The summed E-state index contributed by atoms with van der Waals surface area (Å²) >= 11 is 0. The maximum Gasteiger partial charge on any atom is 0.519 e. The molecular weight excluding hydrogens is 465 g/mol. The zero-order valence-corrected chi connectivity index (χ0v) is 20.0. The van der Waals surface area contributed by atoms with Crippen molar-refractivity contribution in [2.24, 2.45) is 0 Å². The van der Waals surface area contributed by atoms with Crippen LogP contribution in [0.2, 0.25) is 0 Å². The summed E-state index contributed by atoms with van der Waals surface area (Å²) in [5.41, 5.74) is -2.00. The van der Waals surface area contributed by atoms with Crippen molar-refractivity contribution in [1.29, 1.82) is 0 Å². The first kappa shape index (κ1) is 25.9. The van der Waals surface area contributed by atoms with E-state index in [4.69, 9.17) is 24.7 Å². The van der Waals surface area contributed by atoms with Gasteiger partial charge in [-0.05, 0) is 27.7 Å². The number of nitrogens with zero attached hydrogens (tertiary/aromatic N) is 5. The minimum atomic E-state index is -1.25. The maximum absolute atomic E-state index is 14.6. The molecule has 1 unspecified atom stereocenters. The number of aliphatic hydroxyl groups is 1. The number of aliphatic hydroxyl groups excluding tert-OH is 1. The number of anilines is 1. The molecule has 35 heavy (non-hydrogen) atoms. The molecule has 0 aliphatic heterocycles. The van der Waals surface area contributed by atoms with Crippen LogP contribution < -0.4 is 10.7 Å². The monoisotopic (exact) mass is 491 g/mol. The Kier molecular flexibility index (Phi) is 7.27. The first-order valence-corrected chi connectivity index (χ1v) is 10.5. The third-order valence-electron chi connectivity index (χ3n) is 5.09. The number of terminal acetylenes is 1. The van der Waals surface area contributed by atoms with Gasteiger partial charge >= 0.3 is 18.0 Å². The highest BCUT2D eigenvalue weighted by molar-refractivity contribution is 5.95. The molecule has 0 aliphatic rings. The van der Waals surface area contributed by atoms with Crippen LogP contribution in [0.15, 0.2) is 20.0 Å². The second-order valence-electron chi connectivity index (χ2n) is 8.68.